The van der Waals surface area contributed by atoms with Gasteiger partial charge in [-0.1, -0.05) is 6.07 Å². The van der Waals surface area contributed by atoms with Crippen LogP contribution >= 0.6 is 0 Å². The number of fused-ring (bicyclic) bond motifs is 1. The number of rotatable bonds is 4. The molecule has 0 atom stereocenters. The summed E-state index contributed by atoms with van der Waals surface area (Å²) in [5.41, 5.74) is 3.26. The van der Waals surface area contributed by atoms with Gasteiger partial charge in [0.15, 0.2) is 0 Å². The third-order valence-electron chi connectivity index (χ3n) is 4.89. The number of anilines is 2. The first-order chi connectivity index (χ1) is 12.6. The molecule has 1 fully saturated rings. The second-order valence-corrected chi connectivity index (χ2v) is 7.01. The maximum atomic E-state index is 9.68. The summed E-state index contributed by atoms with van der Waals surface area (Å²) in [6.07, 6.45) is 2.99. The first-order valence-electron chi connectivity index (χ1n) is 9.00. The third kappa shape index (κ3) is 3.48. The molecule has 1 aliphatic rings. The van der Waals surface area contributed by atoms with E-state index in [2.05, 4.69) is 48.8 Å². The number of aliphatic hydroxyl groups excluding tert-OH is 1. The highest BCUT2D eigenvalue weighted by Crippen LogP contribution is 2.22. The fourth-order valence-corrected chi connectivity index (χ4v) is 3.37. The zero-order chi connectivity index (χ0) is 18.1. The van der Waals surface area contributed by atoms with Crippen molar-refractivity contribution >= 4 is 22.7 Å². The SMILES string of the molecule is Cc1ccc2nc(CN(C)c3cc(N4CCC(O)CC4)ncn3)[nH]c2c1. The van der Waals surface area contributed by atoms with Gasteiger partial charge in [0, 0.05) is 26.2 Å². The Balaban J connectivity index is 1.50. The van der Waals surface area contributed by atoms with Crippen molar-refractivity contribution in [1.29, 1.82) is 0 Å². The van der Waals surface area contributed by atoms with E-state index in [0.717, 1.165) is 54.4 Å². The average Bonchev–Trinajstić information content (AvgIpc) is 3.03. The third-order valence-corrected chi connectivity index (χ3v) is 4.89. The van der Waals surface area contributed by atoms with Crippen molar-refractivity contribution in [3.05, 3.63) is 42.0 Å². The predicted octanol–water partition coefficient (Wildman–Crippen LogP) is 2.26. The molecule has 0 radical (unpaired) electrons. The maximum absolute atomic E-state index is 9.68. The highest BCUT2D eigenvalue weighted by molar-refractivity contribution is 5.75. The Morgan fingerprint density at radius 3 is 2.85 bits per heavy atom. The molecular weight excluding hydrogens is 328 g/mol. The van der Waals surface area contributed by atoms with E-state index in [9.17, 15) is 5.11 Å². The number of nitrogens with zero attached hydrogens (tertiary/aromatic N) is 5. The summed E-state index contributed by atoms with van der Waals surface area (Å²) in [7, 11) is 2.00. The van der Waals surface area contributed by atoms with Gasteiger partial charge in [-0.05, 0) is 37.5 Å². The number of nitrogens with one attached hydrogen (secondary N) is 1. The van der Waals surface area contributed by atoms with E-state index >= 15 is 0 Å². The zero-order valence-corrected chi connectivity index (χ0v) is 15.2. The van der Waals surface area contributed by atoms with E-state index < -0.39 is 0 Å². The lowest BCUT2D eigenvalue weighted by Gasteiger charge is -2.30. The second kappa shape index (κ2) is 6.92. The topological polar surface area (TPSA) is 81.2 Å². The molecule has 3 heterocycles. The Bertz CT molecular complexity index is 900. The van der Waals surface area contributed by atoms with Crippen LogP contribution in [-0.4, -0.2) is 51.3 Å². The molecule has 26 heavy (non-hydrogen) atoms. The summed E-state index contributed by atoms with van der Waals surface area (Å²) in [6, 6.07) is 8.23. The Labute approximate surface area is 152 Å². The van der Waals surface area contributed by atoms with Gasteiger partial charge < -0.3 is 19.9 Å². The van der Waals surface area contributed by atoms with E-state index in [1.54, 1.807) is 6.33 Å². The molecule has 1 saturated heterocycles. The first-order valence-corrected chi connectivity index (χ1v) is 9.00. The minimum absolute atomic E-state index is 0.188. The summed E-state index contributed by atoms with van der Waals surface area (Å²) in [5.74, 6) is 2.68. The van der Waals surface area contributed by atoms with Crippen molar-refractivity contribution in [2.45, 2.75) is 32.4 Å². The Morgan fingerprint density at radius 2 is 2.04 bits per heavy atom. The van der Waals surface area contributed by atoms with Crippen LogP contribution in [0.1, 0.15) is 24.2 Å². The van der Waals surface area contributed by atoms with Gasteiger partial charge in [-0.3, -0.25) is 0 Å². The minimum atomic E-state index is -0.188. The van der Waals surface area contributed by atoms with Crippen molar-refractivity contribution < 1.29 is 5.11 Å². The number of benzene rings is 1. The highest BCUT2D eigenvalue weighted by atomic mass is 16.3. The lowest BCUT2D eigenvalue weighted by atomic mass is 10.1. The van der Waals surface area contributed by atoms with Crippen LogP contribution < -0.4 is 9.80 Å². The predicted molar refractivity (Wildman–Crippen MR) is 102 cm³/mol. The molecule has 4 rings (SSSR count). The highest BCUT2D eigenvalue weighted by Gasteiger charge is 2.19. The van der Waals surface area contributed by atoms with Crippen molar-refractivity contribution in [2.24, 2.45) is 0 Å². The number of aromatic nitrogens is 4. The Morgan fingerprint density at radius 1 is 1.23 bits per heavy atom. The monoisotopic (exact) mass is 352 g/mol. The standard InChI is InChI=1S/C19H24N6O/c1-13-3-4-15-16(9-13)23-17(22-15)11-24(2)18-10-19(21-12-20-18)25-7-5-14(26)6-8-25/h3-4,9-10,12,14,26H,5-8,11H2,1-2H3,(H,22,23). The molecule has 7 nitrogen and oxygen atoms in total. The van der Waals surface area contributed by atoms with Gasteiger partial charge in [-0.25, -0.2) is 15.0 Å². The van der Waals surface area contributed by atoms with Crippen LogP contribution in [0.4, 0.5) is 11.6 Å². The summed E-state index contributed by atoms with van der Waals surface area (Å²) in [5, 5.41) is 9.68. The number of aryl methyl sites for hydroxylation is 1. The van der Waals surface area contributed by atoms with E-state index in [1.165, 1.54) is 5.56 Å². The lowest BCUT2D eigenvalue weighted by Crippen LogP contribution is -2.36. The maximum Gasteiger partial charge on any atom is 0.134 e. The normalized spacial score (nSPS) is 15.6. The summed E-state index contributed by atoms with van der Waals surface area (Å²) in [6.45, 7) is 4.37. The second-order valence-electron chi connectivity index (χ2n) is 7.01. The average molecular weight is 352 g/mol. The number of hydrogen-bond donors (Lipinski definition) is 2. The van der Waals surface area contributed by atoms with Crippen LogP contribution in [0, 0.1) is 6.92 Å². The molecule has 0 saturated carbocycles. The first kappa shape index (κ1) is 16.8. The van der Waals surface area contributed by atoms with Crippen molar-refractivity contribution in [3.8, 4) is 0 Å². The lowest BCUT2D eigenvalue weighted by molar-refractivity contribution is 0.145. The molecule has 0 unspecified atom stereocenters. The van der Waals surface area contributed by atoms with Crippen LogP contribution in [0.15, 0.2) is 30.6 Å². The van der Waals surface area contributed by atoms with Crippen molar-refractivity contribution in [1.82, 2.24) is 19.9 Å². The molecular formula is C19H24N6O. The van der Waals surface area contributed by atoms with Gasteiger partial charge in [0.05, 0.1) is 23.7 Å². The molecule has 7 heteroatoms. The number of hydrogen-bond acceptors (Lipinski definition) is 6. The number of imidazole rings is 1. The number of H-pyrrole nitrogens is 1. The van der Waals surface area contributed by atoms with Gasteiger partial charge in [0.25, 0.3) is 0 Å². The van der Waals surface area contributed by atoms with Gasteiger partial charge in [-0.15, -0.1) is 0 Å². The molecule has 1 aromatic carbocycles. The molecule has 2 N–H and O–H groups in total. The van der Waals surface area contributed by atoms with Crippen LogP contribution in [0.25, 0.3) is 11.0 Å². The fraction of sp³-hybridized carbons (Fsp3) is 0.421. The number of aliphatic hydroxyl groups is 1. The molecule has 0 aliphatic carbocycles. The molecule has 3 aromatic rings. The van der Waals surface area contributed by atoms with Crippen molar-refractivity contribution in [2.75, 3.05) is 29.9 Å². The van der Waals surface area contributed by atoms with Crippen LogP contribution in [-0.2, 0) is 6.54 Å². The smallest absolute Gasteiger partial charge is 0.134 e. The summed E-state index contributed by atoms with van der Waals surface area (Å²) >= 11 is 0. The van der Waals surface area contributed by atoms with E-state index in [4.69, 9.17) is 0 Å². The Kier molecular flexibility index (Phi) is 4.46. The van der Waals surface area contributed by atoms with Gasteiger partial charge >= 0.3 is 0 Å². The Hall–Kier alpha value is -2.67. The van der Waals surface area contributed by atoms with Gasteiger partial charge in [-0.2, -0.15) is 0 Å². The molecule has 1 aliphatic heterocycles. The number of piperidine rings is 1. The minimum Gasteiger partial charge on any atom is -0.393 e. The van der Waals surface area contributed by atoms with Crippen molar-refractivity contribution in [3.63, 3.8) is 0 Å². The van der Waals surface area contributed by atoms with Crippen LogP contribution in [0.3, 0.4) is 0 Å². The molecule has 0 spiro atoms. The summed E-state index contributed by atoms with van der Waals surface area (Å²) in [4.78, 5) is 21.1. The van der Waals surface area contributed by atoms with Gasteiger partial charge in [0.1, 0.15) is 23.8 Å². The van der Waals surface area contributed by atoms with E-state index in [0.29, 0.717) is 6.54 Å². The molecule has 2 aromatic heterocycles. The summed E-state index contributed by atoms with van der Waals surface area (Å²) < 4.78 is 0. The fourth-order valence-electron chi connectivity index (χ4n) is 3.37. The van der Waals surface area contributed by atoms with Gasteiger partial charge in [0.2, 0.25) is 0 Å². The van der Waals surface area contributed by atoms with E-state index in [-0.39, 0.29) is 6.10 Å². The zero-order valence-electron chi connectivity index (χ0n) is 15.2. The quantitative estimate of drug-likeness (QED) is 0.750. The van der Waals surface area contributed by atoms with Crippen LogP contribution in [0.2, 0.25) is 0 Å². The molecule has 0 amide bonds. The number of aromatic amines is 1. The largest absolute Gasteiger partial charge is 0.393 e. The molecule has 0 bridgehead atoms. The van der Waals surface area contributed by atoms with E-state index in [1.807, 2.05) is 19.2 Å². The van der Waals surface area contributed by atoms with Crippen LogP contribution in [0.5, 0.6) is 0 Å². The molecule has 136 valence electrons.